The highest BCUT2D eigenvalue weighted by Gasteiger charge is 2.51. The molecule has 0 radical (unpaired) electrons. The molecule has 1 aromatic heterocycles. The topological polar surface area (TPSA) is 216 Å². The standard InChI is InChI=1S/C21H34N2O2.C11H10N2O3.C5H8F3NO2.C4H7NOS/c1-4-16-12-15(2)8-5-6-9-17-14-21(17,3)22-20(25)18-10-7-11-23(18)19(24)13-16;1-16-6-2-3-7-8(4-6)9(10(12)14)5-13-11(7)15;1-4(2,5(6,7)8)11-3(9)10;6-3-5-7-4-1-2-4/h6,9,15-18H,4-5,7-8,10-14H2,1-3H3,(H,22,25);2-5H,1H3,(H2,12,14)(H,13,15);1-2H3,(H2,9,10);3-4H,1-2H2,(H,5,6)/b9-6-;;;/t15-,16?,17-,18?,21-;;;/m1.../s1. The Morgan fingerprint density at radius 2 is 1.80 bits per heavy atom. The number of nitrogens with one attached hydrogen (secondary N) is 3. The summed E-state index contributed by atoms with van der Waals surface area (Å²) in [6.45, 7) is 8.80. The van der Waals surface area contributed by atoms with E-state index in [0.717, 1.165) is 70.6 Å². The third-order valence-corrected chi connectivity index (χ3v) is 11.8. The highest BCUT2D eigenvalue weighted by Crippen LogP contribution is 2.44. The van der Waals surface area contributed by atoms with Crippen LogP contribution in [0.3, 0.4) is 0 Å². The van der Waals surface area contributed by atoms with Gasteiger partial charge in [0.05, 0.1) is 12.7 Å². The summed E-state index contributed by atoms with van der Waals surface area (Å²) in [4.78, 5) is 72.2. The van der Waals surface area contributed by atoms with Gasteiger partial charge in [-0.15, -0.1) is 0 Å². The minimum atomic E-state index is -4.60. The van der Waals surface area contributed by atoms with Crippen LogP contribution in [0.2, 0.25) is 0 Å². The number of aromatic nitrogens is 1. The first kappa shape index (κ1) is 48.6. The van der Waals surface area contributed by atoms with E-state index in [-0.39, 0.29) is 34.5 Å². The molecule has 14 nitrogen and oxygen atoms in total. The molecular formula is C41H59F3N6O8S. The van der Waals surface area contributed by atoms with Crippen molar-refractivity contribution in [2.45, 2.75) is 127 Å². The summed E-state index contributed by atoms with van der Waals surface area (Å²) in [5.74, 6) is 1.75. The number of primary amides is 2. The van der Waals surface area contributed by atoms with Crippen molar-refractivity contribution in [2.75, 3.05) is 13.7 Å². The molecule has 0 spiro atoms. The molecule has 2 unspecified atom stereocenters. The number of nitrogens with two attached hydrogens (primary N) is 2. The van der Waals surface area contributed by atoms with Crippen LogP contribution in [0, 0.1) is 17.8 Å². The number of allylic oxidation sites excluding steroid dienone is 1. The lowest BCUT2D eigenvalue weighted by atomic mass is 9.88. The average Bonchev–Trinajstić information content (AvgIpc) is 4.04. The number of carbonyl (C=O) groups is 5. The molecule has 1 aromatic carbocycles. The number of rotatable bonds is 7. The SMILES string of the molecule is CC(C)(OC(N)=O)C(F)(F)F.CCC1CC(=O)N2CCCC2C(=O)N[C@]2(C)C[C@H]2/C=C\CC[C@@H](C)C1.COc1ccc2c(=O)[nH]cc(C(N)=O)c2c1.O=CNSC1CC1. The number of benzene rings is 1. The maximum Gasteiger partial charge on any atom is 0.427 e. The fourth-order valence-electron chi connectivity index (χ4n) is 6.80. The van der Waals surface area contributed by atoms with Crippen LogP contribution in [0.5, 0.6) is 5.75 Å². The maximum absolute atomic E-state index is 12.9. The Morgan fingerprint density at radius 3 is 2.36 bits per heavy atom. The predicted molar refractivity (Wildman–Crippen MR) is 220 cm³/mol. The minimum absolute atomic E-state index is 0.0561. The molecular weight excluding hydrogens is 794 g/mol. The van der Waals surface area contributed by atoms with Gasteiger partial charge in [0.2, 0.25) is 23.8 Å². The van der Waals surface area contributed by atoms with Crippen molar-refractivity contribution in [3.05, 3.63) is 52.5 Å². The number of carbonyl (C=O) groups excluding carboxylic acids is 5. The number of alkyl halides is 3. The Labute approximate surface area is 347 Å². The molecule has 1 saturated heterocycles. The molecule has 2 aromatic rings. The normalized spacial score (nSPS) is 24.9. The largest absolute Gasteiger partial charge is 0.497 e. The van der Waals surface area contributed by atoms with E-state index in [4.69, 9.17) is 10.5 Å². The van der Waals surface area contributed by atoms with E-state index in [1.165, 1.54) is 44.5 Å². The Balaban J connectivity index is 0.000000234. The van der Waals surface area contributed by atoms with Crippen molar-refractivity contribution in [3.63, 3.8) is 0 Å². The van der Waals surface area contributed by atoms with Gasteiger partial charge in [-0.3, -0.25) is 24.0 Å². The number of pyridine rings is 1. The van der Waals surface area contributed by atoms with Crippen LogP contribution < -0.4 is 31.8 Å². The third-order valence-electron chi connectivity index (χ3n) is 10.8. The van der Waals surface area contributed by atoms with Gasteiger partial charge >= 0.3 is 12.3 Å². The van der Waals surface area contributed by atoms with Crippen molar-refractivity contribution >= 4 is 52.9 Å². The molecule has 7 N–H and O–H groups in total. The molecule has 5 amide bonds. The number of fused-ring (bicyclic) bond motifs is 3. The molecule has 2 saturated carbocycles. The van der Waals surface area contributed by atoms with Crippen LogP contribution in [0.15, 0.2) is 41.3 Å². The molecule has 6 rings (SSSR count). The van der Waals surface area contributed by atoms with Crippen LogP contribution in [-0.2, 0) is 19.1 Å². The van der Waals surface area contributed by atoms with Gasteiger partial charge in [0.25, 0.3) is 11.5 Å². The Bertz CT molecular complexity index is 1870. The number of amides is 5. The molecule has 18 heteroatoms. The Hall–Kier alpha value is -4.74. The van der Waals surface area contributed by atoms with E-state index in [1.54, 1.807) is 18.2 Å². The van der Waals surface area contributed by atoms with E-state index in [9.17, 15) is 41.9 Å². The second-order valence-electron chi connectivity index (χ2n) is 16.1. The average molecular weight is 853 g/mol. The molecule has 3 heterocycles. The first-order valence-corrected chi connectivity index (χ1v) is 20.7. The van der Waals surface area contributed by atoms with Crippen molar-refractivity contribution in [1.29, 1.82) is 0 Å². The van der Waals surface area contributed by atoms with Crippen LogP contribution in [0.25, 0.3) is 10.8 Å². The quantitative estimate of drug-likeness (QED) is 0.120. The molecule has 328 valence electrons. The predicted octanol–water partition coefficient (Wildman–Crippen LogP) is 6.27. The lowest BCUT2D eigenvalue weighted by Gasteiger charge is -2.28. The minimum Gasteiger partial charge on any atom is -0.497 e. The van der Waals surface area contributed by atoms with E-state index in [0.29, 0.717) is 40.7 Å². The van der Waals surface area contributed by atoms with Gasteiger partial charge in [-0.25, -0.2) is 4.79 Å². The summed E-state index contributed by atoms with van der Waals surface area (Å²) >= 11 is 1.52. The lowest BCUT2D eigenvalue weighted by molar-refractivity contribution is -0.243. The number of halogens is 3. The summed E-state index contributed by atoms with van der Waals surface area (Å²) in [6, 6.07) is 4.61. The smallest absolute Gasteiger partial charge is 0.427 e. The van der Waals surface area contributed by atoms with Crippen molar-refractivity contribution in [2.24, 2.45) is 29.2 Å². The van der Waals surface area contributed by atoms with E-state index >= 15 is 0 Å². The van der Waals surface area contributed by atoms with Crippen LogP contribution in [0.4, 0.5) is 18.0 Å². The maximum atomic E-state index is 12.9. The summed E-state index contributed by atoms with van der Waals surface area (Å²) < 4.78 is 47.0. The Morgan fingerprint density at radius 1 is 1.10 bits per heavy atom. The highest BCUT2D eigenvalue weighted by atomic mass is 32.2. The summed E-state index contributed by atoms with van der Waals surface area (Å²) in [6.07, 6.45) is 10.9. The van der Waals surface area contributed by atoms with Crippen LogP contribution in [0.1, 0.15) is 109 Å². The number of aromatic amines is 1. The Kier molecular flexibility index (Phi) is 17.7. The van der Waals surface area contributed by atoms with Crippen molar-refractivity contribution in [1.82, 2.24) is 19.9 Å². The zero-order chi connectivity index (χ0) is 44.1. The van der Waals surface area contributed by atoms with Gasteiger partial charge in [-0.2, -0.15) is 13.2 Å². The summed E-state index contributed by atoms with van der Waals surface area (Å²) in [7, 11) is 1.51. The number of hydrogen-bond donors (Lipinski definition) is 5. The monoisotopic (exact) mass is 852 g/mol. The summed E-state index contributed by atoms with van der Waals surface area (Å²) in [5, 5.41) is 4.88. The number of ether oxygens (including phenoxy) is 2. The molecule has 2 aliphatic carbocycles. The third kappa shape index (κ3) is 14.8. The van der Waals surface area contributed by atoms with Gasteiger partial charge in [0.15, 0.2) is 0 Å². The summed E-state index contributed by atoms with van der Waals surface area (Å²) in [5.41, 5.74) is 7.02. The molecule has 2 aliphatic heterocycles. The van der Waals surface area contributed by atoms with E-state index in [2.05, 4.69) is 58.4 Å². The fourth-order valence-corrected chi connectivity index (χ4v) is 7.42. The van der Waals surface area contributed by atoms with E-state index < -0.39 is 23.8 Å². The second-order valence-corrected chi connectivity index (χ2v) is 17.2. The van der Waals surface area contributed by atoms with Crippen molar-refractivity contribution in [3.8, 4) is 5.75 Å². The molecule has 4 aliphatic rings. The van der Waals surface area contributed by atoms with Gasteiger partial charge in [0.1, 0.15) is 11.8 Å². The van der Waals surface area contributed by atoms with Gasteiger partial charge in [0, 0.05) is 46.6 Å². The zero-order valence-corrected chi connectivity index (χ0v) is 35.4. The second kappa shape index (κ2) is 21.5. The first-order valence-electron chi connectivity index (χ1n) is 19.8. The molecule has 3 fully saturated rings. The fraction of sp³-hybridized carbons (Fsp3) is 0.610. The van der Waals surface area contributed by atoms with Crippen LogP contribution in [-0.4, -0.2) is 82.4 Å². The van der Waals surface area contributed by atoms with E-state index in [1.807, 2.05) is 4.90 Å². The number of nitrogens with zero attached hydrogens (tertiary/aromatic N) is 1. The van der Waals surface area contributed by atoms with Crippen LogP contribution >= 0.6 is 11.9 Å². The zero-order valence-electron chi connectivity index (χ0n) is 34.6. The molecule has 5 atom stereocenters. The molecule has 0 bridgehead atoms. The van der Waals surface area contributed by atoms with Gasteiger partial charge < -0.3 is 40.9 Å². The number of H-pyrrole nitrogens is 1. The van der Waals surface area contributed by atoms with Crippen molar-refractivity contribution < 1.29 is 46.6 Å². The first-order chi connectivity index (χ1) is 27.7. The number of methoxy groups -OCH3 is 1. The highest BCUT2D eigenvalue weighted by molar-refractivity contribution is 7.98. The van der Waals surface area contributed by atoms with Gasteiger partial charge in [-0.1, -0.05) is 32.4 Å². The lowest BCUT2D eigenvalue weighted by Crippen LogP contribution is -2.49. The van der Waals surface area contributed by atoms with Gasteiger partial charge in [-0.05, 0) is 114 Å². The molecule has 59 heavy (non-hydrogen) atoms. The number of hydrogen-bond acceptors (Lipinski definition) is 9.